The highest BCUT2D eigenvalue weighted by Crippen LogP contribution is 2.40. The van der Waals surface area contributed by atoms with E-state index >= 15 is 0 Å². The maximum Gasteiger partial charge on any atom is 0.103 e. The molecule has 1 aromatic carbocycles. The standard InChI is InChI=1S/C12H10Cl2O/c13-8-2-3-10(14)9(6-8)7-1-4-11-12(5-7)15-11/h2-3,5-6,11-12H,1,4H2. The second-order valence-electron chi connectivity index (χ2n) is 3.99. The van der Waals surface area contributed by atoms with Gasteiger partial charge < -0.3 is 4.74 Å². The van der Waals surface area contributed by atoms with Crippen molar-refractivity contribution in [2.24, 2.45) is 0 Å². The Hall–Kier alpha value is -0.500. The predicted molar refractivity (Wildman–Crippen MR) is 62.3 cm³/mol. The Morgan fingerprint density at radius 2 is 2.13 bits per heavy atom. The van der Waals surface area contributed by atoms with Gasteiger partial charge in [-0.05, 0) is 48.3 Å². The van der Waals surface area contributed by atoms with Crippen LogP contribution in [0.25, 0.3) is 5.57 Å². The molecule has 0 amide bonds. The Bertz CT molecular complexity index is 439. The Morgan fingerprint density at radius 3 is 2.93 bits per heavy atom. The molecule has 2 aliphatic rings. The highest BCUT2D eigenvalue weighted by atomic mass is 35.5. The summed E-state index contributed by atoms with van der Waals surface area (Å²) in [5.41, 5.74) is 2.32. The molecular weight excluding hydrogens is 231 g/mol. The van der Waals surface area contributed by atoms with E-state index in [-0.39, 0.29) is 0 Å². The van der Waals surface area contributed by atoms with Crippen molar-refractivity contribution in [1.29, 1.82) is 0 Å². The highest BCUT2D eigenvalue weighted by molar-refractivity contribution is 6.34. The van der Waals surface area contributed by atoms with Gasteiger partial charge in [-0.3, -0.25) is 0 Å². The molecule has 3 rings (SSSR count). The predicted octanol–water partition coefficient (Wildman–Crippen LogP) is 3.94. The summed E-state index contributed by atoms with van der Waals surface area (Å²) in [6.45, 7) is 0. The van der Waals surface area contributed by atoms with Gasteiger partial charge in [0.1, 0.15) is 6.10 Å². The molecule has 1 saturated heterocycles. The van der Waals surface area contributed by atoms with Crippen molar-refractivity contribution in [3.8, 4) is 0 Å². The number of hydrogen-bond donors (Lipinski definition) is 0. The molecule has 0 spiro atoms. The first-order valence-corrected chi connectivity index (χ1v) is 5.81. The molecule has 1 nitrogen and oxygen atoms in total. The van der Waals surface area contributed by atoms with Crippen LogP contribution >= 0.6 is 23.2 Å². The second-order valence-corrected chi connectivity index (χ2v) is 4.84. The summed E-state index contributed by atoms with van der Waals surface area (Å²) in [7, 11) is 0. The zero-order valence-electron chi connectivity index (χ0n) is 8.04. The third kappa shape index (κ3) is 1.80. The van der Waals surface area contributed by atoms with Gasteiger partial charge in [0.25, 0.3) is 0 Å². The van der Waals surface area contributed by atoms with Crippen molar-refractivity contribution in [3.63, 3.8) is 0 Å². The monoisotopic (exact) mass is 240 g/mol. The van der Waals surface area contributed by atoms with E-state index < -0.39 is 0 Å². The van der Waals surface area contributed by atoms with E-state index in [0.717, 1.165) is 28.5 Å². The normalized spacial score (nSPS) is 28.3. The Balaban J connectivity index is 2.01. The van der Waals surface area contributed by atoms with Crippen LogP contribution in [0.4, 0.5) is 0 Å². The van der Waals surface area contributed by atoms with Crippen LogP contribution in [0, 0.1) is 0 Å². The smallest absolute Gasteiger partial charge is 0.103 e. The van der Waals surface area contributed by atoms with E-state index in [1.54, 1.807) is 0 Å². The zero-order chi connectivity index (χ0) is 10.4. The fourth-order valence-electron chi connectivity index (χ4n) is 2.08. The molecule has 2 atom stereocenters. The van der Waals surface area contributed by atoms with E-state index in [0.29, 0.717) is 12.2 Å². The summed E-state index contributed by atoms with van der Waals surface area (Å²) in [5, 5.41) is 1.50. The van der Waals surface area contributed by atoms with Gasteiger partial charge in [-0.25, -0.2) is 0 Å². The number of rotatable bonds is 1. The number of ether oxygens (including phenoxy) is 1. The zero-order valence-corrected chi connectivity index (χ0v) is 9.55. The van der Waals surface area contributed by atoms with Crippen LogP contribution in [-0.4, -0.2) is 12.2 Å². The summed E-state index contributed by atoms with van der Waals surface area (Å²) in [4.78, 5) is 0. The lowest BCUT2D eigenvalue weighted by atomic mass is 9.94. The molecule has 0 aromatic heterocycles. The Labute approximate surface area is 98.6 Å². The van der Waals surface area contributed by atoms with Gasteiger partial charge in [-0.15, -0.1) is 0 Å². The summed E-state index contributed by atoms with van der Waals surface area (Å²) in [6, 6.07) is 5.59. The maximum atomic E-state index is 6.15. The Morgan fingerprint density at radius 1 is 1.27 bits per heavy atom. The molecule has 0 radical (unpaired) electrons. The average Bonchev–Trinajstić information content (AvgIpc) is 2.99. The number of halogens is 2. The van der Waals surface area contributed by atoms with Crippen LogP contribution in [0.2, 0.25) is 10.0 Å². The van der Waals surface area contributed by atoms with Crippen LogP contribution in [-0.2, 0) is 4.74 Å². The first-order valence-electron chi connectivity index (χ1n) is 5.05. The molecule has 0 bridgehead atoms. The molecule has 78 valence electrons. The average molecular weight is 241 g/mol. The molecule has 2 unspecified atom stereocenters. The molecule has 0 N–H and O–H groups in total. The van der Waals surface area contributed by atoms with Crippen molar-refractivity contribution >= 4 is 28.8 Å². The summed E-state index contributed by atoms with van der Waals surface area (Å²) >= 11 is 12.1. The molecular formula is C12H10Cl2O. The number of fused-ring (bicyclic) bond motifs is 1. The van der Waals surface area contributed by atoms with Gasteiger partial charge in [0, 0.05) is 10.0 Å². The van der Waals surface area contributed by atoms with Gasteiger partial charge in [-0.2, -0.15) is 0 Å². The molecule has 1 aliphatic heterocycles. The summed E-state index contributed by atoms with van der Waals surface area (Å²) < 4.78 is 5.45. The quantitative estimate of drug-likeness (QED) is 0.678. The molecule has 1 heterocycles. The minimum absolute atomic E-state index is 0.323. The molecule has 1 aromatic rings. The fourth-order valence-corrected chi connectivity index (χ4v) is 2.49. The van der Waals surface area contributed by atoms with Crippen molar-refractivity contribution in [3.05, 3.63) is 39.9 Å². The second kappa shape index (κ2) is 3.51. The largest absolute Gasteiger partial charge is 0.365 e. The minimum Gasteiger partial charge on any atom is -0.365 e. The summed E-state index contributed by atoms with van der Waals surface area (Å²) in [6.07, 6.45) is 5.09. The van der Waals surface area contributed by atoms with E-state index in [2.05, 4.69) is 6.08 Å². The molecule has 1 aliphatic carbocycles. The Kier molecular flexibility index (Phi) is 2.27. The molecule has 0 saturated carbocycles. The van der Waals surface area contributed by atoms with Crippen LogP contribution in [0.15, 0.2) is 24.3 Å². The SMILES string of the molecule is Clc1ccc(Cl)c(C2=CC3OC3CC2)c1. The first kappa shape index (κ1) is 9.71. The number of hydrogen-bond acceptors (Lipinski definition) is 1. The first-order chi connectivity index (χ1) is 7.24. The van der Waals surface area contributed by atoms with Crippen LogP contribution in [0.1, 0.15) is 18.4 Å². The van der Waals surface area contributed by atoms with Crippen LogP contribution in [0.3, 0.4) is 0 Å². The van der Waals surface area contributed by atoms with Gasteiger partial charge in [0.05, 0.1) is 6.10 Å². The van der Waals surface area contributed by atoms with Crippen molar-refractivity contribution in [2.45, 2.75) is 25.0 Å². The highest BCUT2D eigenvalue weighted by Gasteiger charge is 2.39. The third-order valence-electron chi connectivity index (χ3n) is 2.96. The number of allylic oxidation sites excluding steroid dienone is 1. The van der Waals surface area contributed by atoms with E-state index in [4.69, 9.17) is 27.9 Å². The molecule has 3 heteroatoms. The molecule has 15 heavy (non-hydrogen) atoms. The van der Waals surface area contributed by atoms with Gasteiger partial charge >= 0.3 is 0 Å². The number of benzene rings is 1. The van der Waals surface area contributed by atoms with Gasteiger partial charge in [-0.1, -0.05) is 23.2 Å². The fraction of sp³-hybridized carbons (Fsp3) is 0.333. The lowest BCUT2D eigenvalue weighted by Crippen LogP contribution is -2.01. The van der Waals surface area contributed by atoms with Crippen LogP contribution in [0.5, 0.6) is 0 Å². The topological polar surface area (TPSA) is 12.5 Å². The lowest BCUT2D eigenvalue weighted by Gasteiger charge is -2.12. The lowest BCUT2D eigenvalue weighted by molar-refractivity contribution is 0.385. The summed E-state index contributed by atoms with van der Waals surface area (Å²) in [5.74, 6) is 0. The van der Waals surface area contributed by atoms with E-state index in [1.165, 1.54) is 5.57 Å². The minimum atomic E-state index is 0.323. The van der Waals surface area contributed by atoms with Gasteiger partial charge in [0.2, 0.25) is 0 Å². The maximum absolute atomic E-state index is 6.15. The van der Waals surface area contributed by atoms with E-state index in [1.807, 2.05) is 18.2 Å². The van der Waals surface area contributed by atoms with Crippen LogP contribution < -0.4 is 0 Å². The van der Waals surface area contributed by atoms with Crippen molar-refractivity contribution in [1.82, 2.24) is 0 Å². The third-order valence-corrected chi connectivity index (χ3v) is 3.52. The number of epoxide rings is 1. The van der Waals surface area contributed by atoms with Crippen molar-refractivity contribution in [2.75, 3.05) is 0 Å². The van der Waals surface area contributed by atoms with Gasteiger partial charge in [0.15, 0.2) is 0 Å². The van der Waals surface area contributed by atoms with Crippen molar-refractivity contribution < 1.29 is 4.74 Å². The molecule has 1 fully saturated rings. The van der Waals surface area contributed by atoms with E-state index in [9.17, 15) is 0 Å².